The Labute approximate surface area is 318 Å². The summed E-state index contributed by atoms with van der Waals surface area (Å²) < 4.78 is 55.6. The topological polar surface area (TPSA) is 222 Å². The minimum absolute atomic E-state index is 0.0644. The van der Waals surface area contributed by atoms with E-state index in [4.69, 9.17) is 9.31 Å². The van der Waals surface area contributed by atoms with Crippen LogP contribution in [0.25, 0.3) is 0 Å². The standard InChI is InChI=1S/C36H39BF3N5O11/c1-18(41-27-14-19-4-5-25(38)28(35(52)53)33(19)56-37(27)55-3)30(24-16-26(39)31(49)32(50)29(24)40)42-36(54)45(17-46)11-10-43(2)21-6-8-44(9-7-21)34(51)20-12-22(47)15-23(48)13-20/h4-5,12-13,15-17,21,27,30,41,47-50H,1,6-11,14H2,2-3H3,(H,42,54)(H,52,53). The van der Waals surface area contributed by atoms with Gasteiger partial charge in [0.1, 0.15) is 28.6 Å². The summed E-state index contributed by atoms with van der Waals surface area (Å²) in [7, 11) is 1.68. The van der Waals surface area contributed by atoms with E-state index in [2.05, 4.69) is 17.2 Å². The molecule has 1 saturated heterocycles. The summed E-state index contributed by atoms with van der Waals surface area (Å²) in [4.78, 5) is 54.6. The number of carboxylic acids is 1. The van der Waals surface area contributed by atoms with Crippen LogP contribution >= 0.6 is 0 Å². The third-order valence-electron chi connectivity index (χ3n) is 9.74. The molecule has 0 bridgehead atoms. The van der Waals surface area contributed by atoms with Gasteiger partial charge in [-0.1, -0.05) is 12.6 Å². The number of carbonyl (C=O) groups excluding carboxylic acids is 3. The minimum atomic E-state index is -1.72. The first-order valence-corrected chi connectivity index (χ1v) is 17.2. The van der Waals surface area contributed by atoms with Crippen molar-refractivity contribution in [3.8, 4) is 28.7 Å². The molecule has 0 aromatic heterocycles. The second-order valence-corrected chi connectivity index (χ2v) is 13.3. The van der Waals surface area contributed by atoms with Crippen molar-refractivity contribution in [2.75, 3.05) is 40.3 Å². The van der Waals surface area contributed by atoms with Gasteiger partial charge in [0.15, 0.2) is 23.1 Å². The Morgan fingerprint density at radius 2 is 1.70 bits per heavy atom. The molecule has 2 unspecified atom stereocenters. The van der Waals surface area contributed by atoms with E-state index in [1.165, 1.54) is 25.3 Å². The van der Waals surface area contributed by atoms with Crippen LogP contribution in [0.4, 0.5) is 18.0 Å². The van der Waals surface area contributed by atoms with Crippen LogP contribution in [-0.2, 0) is 15.9 Å². The lowest BCUT2D eigenvalue weighted by molar-refractivity contribution is -0.115. The van der Waals surface area contributed by atoms with Crippen molar-refractivity contribution >= 4 is 31.4 Å². The number of carbonyl (C=O) groups is 4. The molecule has 0 aliphatic carbocycles. The number of likely N-dealkylation sites (N-methyl/N-ethyl adjacent to an activating group) is 1. The van der Waals surface area contributed by atoms with Gasteiger partial charge in [-0.3, -0.25) is 14.5 Å². The summed E-state index contributed by atoms with van der Waals surface area (Å²) >= 11 is 0. The van der Waals surface area contributed by atoms with Crippen LogP contribution in [0.2, 0.25) is 0 Å². The molecule has 16 nitrogen and oxygen atoms in total. The lowest BCUT2D eigenvalue weighted by atomic mass is 9.71. The third-order valence-corrected chi connectivity index (χ3v) is 9.74. The number of likely N-dealkylation sites (tertiary alicyclic amines) is 1. The molecular formula is C36H39BF3N5O11. The van der Waals surface area contributed by atoms with E-state index in [0.29, 0.717) is 32.0 Å². The normalized spacial score (nSPS) is 16.1. The van der Waals surface area contributed by atoms with E-state index in [1.54, 1.807) is 11.9 Å². The van der Waals surface area contributed by atoms with Gasteiger partial charge in [0.25, 0.3) is 5.91 Å². The van der Waals surface area contributed by atoms with Crippen molar-refractivity contribution in [3.63, 3.8) is 0 Å². The molecule has 7 N–H and O–H groups in total. The van der Waals surface area contributed by atoms with Crippen molar-refractivity contribution < 1.29 is 67.2 Å². The fourth-order valence-corrected chi connectivity index (χ4v) is 6.73. The number of aromatic hydroxyl groups is 4. The van der Waals surface area contributed by atoms with Crippen molar-refractivity contribution in [1.82, 2.24) is 25.3 Å². The Hall–Kier alpha value is -6.15. The van der Waals surface area contributed by atoms with Gasteiger partial charge >= 0.3 is 19.1 Å². The number of hydrogen-bond acceptors (Lipinski definition) is 12. The van der Waals surface area contributed by atoms with Gasteiger partial charge in [0.05, 0.1) is 12.0 Å². The number of nitrogens with one attached hydrogen (secondary N) is 2. The fraction of sp³-hybridized carbons (Fsp3) is 0.333. The van der Waals surface area contributed by atoms with Crippen LogP contribution in [-0.4, -0.2) is 124 Å². The van der Waals surface area contributed by atoms with Gasteiger partial charge in [-0.05, 0) is 56.1 Å². The molecule has 20 heteroatoms. The van der Waals surface area contributed by atoms with Crippen molar-refractivity contribution in [2.45, 2.75) is 37.3 Å². The second-order valence-electron chi connectivity index (χ2n) is 13.3. The van der Waals surface area contributed by atoms with Crippen LogP contribution in [0, 0.1) is 17.5 Å². The number of piperidine rings is 1. The molecule has 2 aliphatic rings. The Bertz CT molecular complexity index is 2010. The summed E-state index contributed by atoms with van der Waals surface area (Å²) in [5, 5.41) is 54.3. The molecule has 0 radical (unpaired) electrons. The third kappa shape index (κ3) is 8.71. The number of amides is 4. The summed E-state index contributed by atoms with van der Waals surface area (Å²) in [6.07, 6.45) is 1.20. The fourth-order valence-electron chi connectivity index (χ4n) is 6.73. The molecule has 0 spiro atoms. The highest BCUT2D eigenvalue weighted by Gasteiger charge is 2.41. The molecule has 2 heterocycles. The zero-order chi connectivity index (χ0) is 41.0. The van der Waals surface area contributed by atoms with Crippen molar-refractivity contribution in [2.24, 2.45) is 0 Å². The average Bonchev–Trinajstić information content (AvgIpc) is 3.16. The van der Waals surface area contributed by atoms with E-state index < -0.39 is 71.2 Å². The number of halogens is 3. The summed E-state index contributed by atoms with van der Waals surface area (Å²) in [5.74, 6) is -10.6. The zero-order valence-electron chi connectivity index (χ0n) is 30.2. The molecular weight excluding hydrogens is 746 g/mol. The molecule has 4 amide bonds. The van der Waals surface area contributed by atoms with Crippen molar-refractivity contribution in [3.05, 3.63) is 88.4 Å². The highest BCUT2D eigenvalue weighted by Crippen LogP contribution is 2.38. The molecule has 2 aliphatic heterocycles. The number of fused-ring (bicyclic) bond motifs is 1. The number of phenols is 4. The first-order chi connectivity index (χ1) is 26.5. The number of phenolic OH excluding ortho intramolecular Hbond substituents is 4. The number of hydrogen-bond donors (Lipinski definition) is 7. The number of nitrogens with zero attached hydrogens (tertiary/aromatic N) is 3. The number of carboxylic acid groups (broad SMARTS) is 1. The van der Waals surface area contributed by atoms with Crippen LogP contribution in [0.3, 0.4) is 0 Å². The highest BCUT2D eigenvalue weighted by atomic mass is 19.1. The van der Waals surface area contributed by atoms with Crippen LogP contribution in [0.15, 0.2) is 48.7 Å². The number of aromatic carboxylic acids is 1. The second kappa shape index (κ2) is 17.1. The van der Waals surface area contributed by atoms with E-state index in [0.717, 1.165) is 17.0 Å². The molecule has 298 valence electrons. The monoisotopic (exact) mass is 785 g/mol. The zero-order valence-corrected chi connectivity index (χ0v) is 30.2. The molecule has 1 fully saturated rings. The number of benzene rings is 3. The molecule has 5 rings (SSSR count). The van der Waals surface area contributed by atoms with Gasteiger partial charge in [-0.15, -0.1) is 0 Å². The smallest absolute Gasteiger partial charge is 0.534 e. The SMILES string of the molecule is C=C(NC1Cc2ccc(F)c(C(=O)O)c2OB1OC)C(NC(=O)N(C=O)CCN(C)C1CCN(C(=O)c2cc(O)cc(O)c2)CC1)c1cc(F)c(O)c(O)c1F. The quantitative estimate of drug-likeness (QED) is 0.0754. The lowest BCUT2D eigenvalue weighted by Gasteiger charge is -2.37. The van der Waals surface area contributed by atoms with Gasteiger partial charge in [0.2, 0.25) is 6.41 Å². The molecule has 56 heavy (non-hydrogen) atoms. The van der Waals surface area contributed by atoms with E-state index in [1.807, 2.05) is 4.90 Å². The van der Waals surface area contributed by atoms with Gasteiger partial charge < -0.3 is 55.3 Å². The van der Waals surface area contributed by atoms with E-state index in [9.17, 15) is 53.5 Å². The maximum absolute atomic E-state index is 15.5. The number of urea groups is 1. The first-order valence-electron chi connectivity index (χ1n) is 17.2. The first kappa shape index (κ1) is 41.0. The maximum atomic E-state index is 15.5. The van der Waals surface area contributed by atoms with Crippen LogP contribution in [0.1, 0.15) is 50.7 Å². The summed E-state index contributed by atoms with van der Waals surface area (Å²) in [6, 6.07) is 3.49. The van der Waals surface area contributed by atoms with Crippen LogP contribution < -0.4 is 15.3 Å². The van der Waals surface area contributed by atoms with Crippen LogP contribution in [0.5, 0.6) is 28.7 Å². The Kier molecular flexibility index (Phi) is 12.5. The predicted octanol–water partition coefficient (Wildman–Crippen LogP) is 2.85. The number of rotatable bonds is 13. The number of imide groups is 1. The van der Waals surface area contributed by atoms with Crippen molar-refractivity contribution in [1.29, 1.82) is 0 Å². The molecule has 2 atom stereocenters. The largest absolute Gasteiger partial charge is 0.549 e. The summed E-state index contributed by atoms with van der Waals surface area (Å²) in [6.45, 7) is 4.53. The summed E-state index contributed by atoms with van der Waals surface area (Å²) in [5.41, 5.74) is -1.30. The maximum Gasteiger partial charge on any atom is 0.549 e. The Morgan fingerprint density at radius 3 is 2.30 bits per heavy atom. The minimum Gasteiger partial charge on any atom is -0.534 e. The molecule has 3 aromatic rings. The van der Waals surface area contributed by atoms with E-state index >= 15 is 4.39 Å². The average molecular weight is 786 g/mol. The Balaban J connectivity index is 1.28. The highest BCUT2D eigenvalue weighted by molar-refractivity contribution is 6.48. The van der Waals surface area contributed by atoms with Gasteiger partial charge in [-0.25, -0.2) is 22.8 Å². The molecule has 3 aromatic carbocycles. The lowest BCUT2D eigenvalue weighted by Crippen LogP contribution is -2.54. The molecule has 0 saturated carbocycles. The van der Waals surface area contributed by atoms with E-state index in [-0.39, 0.29) is 71.9 Å². The predicted molar refractivity (Wildman–Crippen MR) is 192 cm³/mol. The van der Waals surface area contributed by atoms with Gasteiger partial charge in [0, 0.05) is 62.2 Å². The Morgan fingerprint density at radius 1 is 1.04 bits per heavy atom. The van der Waals surface area contributed by atoms with Gasteiger partial charge in [-0.2, -0.15) is 0 Å².